The molecule has 3 rings (SSSR count). The van der Waals surface area contributed by atoms with Gasteiger partial charge in [0.05, 0.1) is 27.8 Å². The van der Waals surface area contributed by atoms with Crippen LogP contribution >= 0.6 is 11.3 Å². The van der Waals surface area contributed by atoms with Crippen LogP contribution in [-0.4, -0.2) is 23.2 Å². The topological polar surface area (TPSA) is 76.9 Å². The fourth-order valence-electron chi connectivity index (χ4n) is 2.74. The zero-order chi connectivity index (χ0) is 18.7. The Kier molecular flexibility index (Phi) is 5.55. The summed E-state index contributed by atoms with van der Waals surface area (Å²) in [5.41, 5.74) is 3.55. The standard InChI is InChI=1S/C18H22N4O2S2/c1-4-5-18-21-14(12-25-18)11-20-26(23,24)15-6-7-16(13(2)10-15)17-8-9-19-22(17)3/h6-10,12,20H,4-5,11H2,1-3H3. The van der Waals surface area contributed by atoms with Gasteiger partial charge in [0.1, 0.15) is 0 Å². The molecule has 6 nitrogen and oxygen atoms in total. The van der Waals surface area contributed by atoms with Gasteiger partial charge in [0, 0.05) is 24.2 Å². The summed E-state index contributed by atoms with van der Waals surface area (Å²) in [6.07, 6.45) is 3.68. The lowest BCUT2D eigenvalue weighted by atomic mass is 10.1. The molecule has 2 aromatic heterocycles. The molecule has 138 valence electrons. The van der Waals surface area contributed by atoms with Gasteiger partial charge in [0.2, 0.25) is 10.0 Å². The van der Waals surface area contributed by atoms with Crippen molar-refractivity contribution >= 4 is 21.4 Å². The third-order valence-corrected chi connectivity index (χ3v) is 6.47. The summed E-state index contributed by atoms with van der Waals surface area (Å²) < 4.78 is 29.6. The minimum atomic E-state index is -3.59. The molecule has 8 heteroatoms. The van der Waals surface area contributed by atoms with Crippen LogP contribution in [0.3, 0.4) is 0 Å². The zero-order valence-corrected chi connectivity index (χ0v) is 16.7. The minimum absolute atomic E-state index is 0.199. The second kappa shape index (κ2) is 7.69. The largest absolute Gasteiger partial charge is 0.268 e. The number of sulfonamides is 1. The second-order valence-corrected chi connectivity index (χ2v) is 8.83. The number of thiazole rings is 1. The highest BCUT2D eigenvalue weighted by atomic mass is 32.2. The first-order valence-corrected chi connectivity index (χ1v) is 10.8. The Balaban J connectivity index is 1.76. The smallest absolute Gasteiger partial charge is 0.240 e. The number of nitrogens with zero attached hydrogens (tertiary/aromatic N) is 3. The fraction of sp³-hybridized carbons (Fsp3) is 0.333. The Morgan fingerprint density at radius 3 is 2.73 bits per heavy atom. The molecule has 0 bridgehead atoms. The van der Waals surface area contributed by atoms with Crippen molar-refractivity contribution in [1.29, 1.82) is 0 Å². The number of hydrogen-bond donors (Lipinski definition) is 1. The van der Waals surface area contributed by atoms with Crippen LogP contribution in [0.1, 0.15) is 29.6 Å². The summed E-state index contributed by atoms with van der Waals surface area (Å²) in [5.74, 6) is 0. The van der Waals surface area contributed by atoms with Crippen molar-refractivity contribution < 1.29 is 8.42 Å². The van der Waals surface area contributed by atoms with E-state index in [2.05, 4.69) is 21.7 Å². The number of aromatic nitrogens is 3. The van der Waals surface area contributed by atoms with E-state index in [0.717, 1.165) is 40.4 Å². The fourth-order valence-corrected chi connectivity index (χ4v) is 4.72. The Hall–Kier alpha value is -2.03. The third-order valence-electron chi connectivity index (χ3n) is 4.11. The van der Waals surface area contributed by atoms with Crippen LogP contribution in [0.4, 0.5) is 0 Å². The molecule has 1 N–H and O–H groups in total. The molecule has 1 aromatic carbocycles. The molecule has 0 saturated heterocycles. The van der Waals surface area contributed by atoms with Crippen molar-refractivity contribution in [2.75, 3.05) is 0 Å². The summed E-state index contributed by atoms with van der Waals surface area (Å²) in [5, 5.41) is 7.11. The van der Waals surface area contributed by atoms with Crippen LogP contribution in [-0.2, 0) is 30.0 Å². The number of hydrogen-bond acceptors (Lipinski definition) is 5. The van der Waals surface area contributed by atoms with E-state index >= 15 is 0 Å². The Morgan fingerprint density at radius 2 is 2.08 bits per heavy atom. The SMILES string of the molecule is CCCc1nc(CNS(=O)(=O)c2ccc(-c3ccnn3C)c(C)c2)cs1. The predicted molar refractivity (Wildman–Crippen MR) is 104 cm³/mol. The van der Waals surface area contributed by atoms with Crippen LogP contribution in [0.5, 0.6) is 0 Å². The van der Waals surface area contributed by atoms with Crippen molar-refractivity contribution in [3.63, 3.8) is 0 Å². The molecule has 0 unspecified atom stereocenters. The number of benzene rings is 1. The molecular weight excluding hydrogens is 368 g/mol. The van der Waals surface area contributed by atoms with Gasteiger partial charge in [-0.1, -0.05) is 13.0 Å². The molecule has 0 radical (unpaired) electrons. The van der Waals surface area contributed by atoms with Crippen LogP contribution < -0.4 is 4.72 Å². The van der Waals surface area contributed by atoms with Crippen LogP contribution in [0.2, 0.25) is 0 Å². The Bertz CT molecular complexity index is 1010. The molecule has 0 aliphatic rings. The highest BCUT2D eigenvalue weighted by molar-refractivity contribution is 7.89. The maximum atomic E-state index is 12.6. The van der Waals surface area contributed by atoms with Crippen molar-refractivity contribution in [2.45, 2.75) is 38.1 Å². The van der Waals surface area contributed by atoms with E-state index in [1.165, 1.54) is 0 Å². The third kappa shape index (κ3) is 4.03. The first-order chi connectivity index (χ1) is 12.4. The van der Waals surface area contributed by atoms with Gasteiger partial charge in [-0.25, -0.2) is 18.1 Å². The van der Waals surface area contributed by atoms with Crippen LogP contribution in [0.15, 0.2) is 40.7 Å². The van der Waals surface area contributed by atoms with Gasteiger partial charge in [0.25, 0.3) is 0 Å². The van der Waals surface area contributed by atoms with Gasteiger partial charge in [-0.2, -0.15) is 5.10 Å². The van der Waals surface area contributed by atoms with Gasteiger partial charge >= 0.3 is 0 Å². The maximum absolute atomic E-state index is 12.6. The molecule has 3 aromatic rings. The number of aryl methyl sites for hydroxylation is 3. The minimum Gasteiger partial charge on any atom is -0.268 e. The number of rotatable bonds is 7. The summed E-state index contributed by atoms with van der Waals surface area (Å²) in [7, 11) is -1.72. The highest BCUT2D eigenvalue weighted by Crippen LogP contribution is 2.25. The van der Waals surface area contributed by atoms with Crippen LogP contribution in [0, 0.1) is 6.92 Å². The lowest BCUT2D eigenvalue weighted by Gasteiger charge is -2.10. The van der Waals surface area contributed by atoms with E-state index in [9.17, 15) is 8.42 Å². The predicted octanol–water partition coefficient (Wildman–Crippen LogP) is 3.28. The molecule has 0 aliphatic carbocycles. The summed E-state index contributed by atoms with van der Waals surface area (Å²) in [6, 6.07) is 7.05. The Morgan fingerprint density at radius 1 is 1.27 bits per heavy atom. The molecule has 0 atom stereocenters. The van der Waals surface area contributed by atoms with E-state index in [-0.39, 0.29) is 11.4 Å². The molecule has 0 fully saturated rings. The van der Waals surface area contributed by atoms with Crippen molar-refractivity contribution in [2.24, 2.45) is 7.05 Å². The first-order valence-electron chi connectivity index (χ1n) is 8.42. The van der Waals surface area contributed by atoms with Gasteiger partial charge in [0.15, 0.2) is 0 Å². The lowest BCUT2D eigenvalue weighted by molar-refractivity contribution is 0.580. The van der Waals surface area contributed by atoms with Crippen LogP contribution in [0.25, 0.3) is 11.3 Å². The first kappa shape index (κ1) is 18.8. The van der Waals surface area contributed by atoms with Gasteiger partial charge in [-0.15, -0.1) is 11.3 Å². The van der Waals surface area contributed by atoms with Gasteiger partial charge in [-0.3, -0.25) is 4.68 Å². The molecule has 2 heterocycles. The van der Waals surface area contributed by atoms with Crippen molar-refractivity contribution in [3.05, 3.63) is 52.1 Å². The van der Waals surface area contributed by atoms with E-state index in [1.54, 1.807) is 34.3 Å². The molecule has 0 aliphatic heterocycles. The van der Waals surface area contributed by atoms with E-state index < -0.39 is 10.0 Å². The van der Waals surface area contributed by atoms with E-state index in [1.807, 2.05) is 31.5 Å². The van der Waals surface area contributed by atoms with Crippen molar-refractivity contribution in [1.82, 2.24) is 19.5 Å². The number of nitrogens with one attached hydrogen (secondary N) is 1. The highest BCUT2D eigenvalue weighted by Gasteiger charge is 2.17. The molecule has 0 saturated carbocycles. The molecule has 0 amide bonds. The summed E-state index contributed by atoms with van der Waals surface area (Å²) in [6.45, 7) is 4.20. The monoisotopic (exact) mass is 390 g/mol. The average molecular weight is 391 g/mol. The quantitative estimate of drug-likeness (QED) is 0.672. The maximum Gasteiger partial charge on any atom is 0.240 e. The lowest BCUT2D eigenvalue weighted by Crippen LogP contribution is -2.23. The Labute approximate surface area is 158 Å². The van der Waals surface area contributed by atoms with E-state index in [4.69, 9.17) is 0 Å². The normalized spacial score (nSPS) is 11.8. The zero-order valence-electron chi connectivity index (χ0n) is 15.1. The molecule has 0 spiro atoms. The molecular formula is C18H22N4O2S2. The molecule has 26 heavy (non-hydrogen) atoms. The average Bonchev–Trinajstić information content (AvgIpc) is 3.22. The second-order valence-electron chi connectivity index (χ2n) is 6.12. The van der Waals surface area contributed by atoms with Gasteiger partial charge < -0.3 is 0 Å². The van der Waals surface area contributed by atoms with Crippen molar-refractivity contribution in [3.8, 4) is 11.3 Å². The summed E-state index contributed by atoms with van der Waals surface area (Å²) in [4.78, 5) is 4.71. The summed E-state index contributed by atoms with van der Waals surface area (Å²) >= 11 is 1.57. The van der Waals surface area contributed by atoms with Gasteiger partial charge in [-0.05, 0) is 43.5 Å². The van der Waals surface area contributed by atoms with E-state index in [0.29, 0.717) is 0 Å².